The number of hydrogen-bond acceptors (Lipinski definition) is 3. The fourth-order valence-corrected chi connectivity index (χ4v) is 1.22. The maximum atomic E-state index is 11.3. The zero-order valence-corrected chi connectivity index (χ0v) is 8.54. The van der Waals surface area contributed by atoms with Gasteiger partial charge in [0.2, 0.25) is 0 Å². The van der Waals surface area contributed by atoms with Gasteiger partial charge in [0.25, 0.3) is 0 Å². The number of rotatable bonds is 3. The summed E-state index contributed by atoms with van der Waals surface area (Å²) in [6.45, 7) is 1.78. The molecular formula is C6H12N4O2S. The molecule has 0 saturated carbocycles. The van der Waals surface area contributed by atoms with Gasteiger partial charge in [-0.1, -0.05) is 0 Å². The van der Waals surface area contributed by atoms with Crippen molar-refractivity contribution in [1.82, 2.24) is 14.0 Å². The molecular weight excluding hydrogens is 192 g/mol. The van der Waals surface area contributed by atoms with Gasteiger partial charge in [0.1, 0.15) is 6.33 Å². The number of nitrogens with zero attached hydrogens (tertiary/aromatic N) is 3. The van der Waals surface area contributed by atoms with E-state index in [-0.39, 0.29) is 0 Å². The zero-order valence-electron chi connectivity index (χ0n) is 7.72. The molecule has 0 radical (unpaired) electrons. The maximum absolute atomic E-state index is 11.3. The minimum Gasteiger partial charge on any atom is -0.240 e. The van der Waals surface area contributed by atoms with Crippen LogP contribution in [0.4, 0.5) is 0 Å². The molecule has 0 atom stereocenters. The summed E-state index contributed by atoms with van der Waals surface area (Å²) < 4.78 is 24.9. The van der Waals surface area contributed by atoms with Gasteiger partial charge in [-0.15, -0.1) is 0 Å². The molecule has 1 N–H and O–H groups in total. The third kappa shape index (κ3) is 2.43. The fraction of sp³-hybridized carbons (Fsp3) is 0.500. The third-order valence-corrected chi connectivity index (χ3v) is 2.82. The van der Waals surface area contributed by atoms with Crippen LogP contribution in [0.25, 0.3) is 0 Å². The number of aromatic nitrogens is 2. The Morgan fingerprint density at radius 3 is 2.54 bits per heavy atom. The quantitative estimate of drug-likeness (QED) is 0.724. The van der Waals surface area contributed by atoms with Crippen LogP contribution in [0.1, 0.15) is 5.69 Å². The highest BCUT2D eigenvalue weighted by molar-refractivity contribution is 7.89. The van der Waals surface area contributed by atoms with Crippen molar-refractivity contribution >= 4 is 10.2 Å². The molecule has 0 aliphatic heterocycles. The van der Waals surface area contributed by atoms with Gasteiger partial charge in [0.05, 0.1) is 11.9 Å². The summed E-state index contributed by atoms with van der Waals surface area (Å²) in [7, 11) is -0.531. The summed E-state index contributed by atoms with van der Waals surface area (Å²) in [4.78, 5) is 6.17. The van der Waals surface area contributed by atoms with Gasteiger partial charge in [-0.25, -0.2) is 14.5 Å². The maximum Gasteiger partial charge on any atom is 0.314 e. The summed E-state index contributed by atoms with van der Waals surface area (Å²) in [5.74, 6) is 0. The highest BCUT2D eigenvalue weighted by Gasteiger charge is 2.12. The van der Waals surface area contributed by atoms with Crippen molar-refractivity contribution < 1.29 is 8.42 Å². The Morgan fingerprint density at radius 1 is 1.54 bits per heavy atom. The second kappa shape index (κ2) is 3.35. The second-order valence-electron chi connectivity index (χ2n) is 2.80. The van der Waals surface area contributed by atoms with E-state index in [1.54, 1.807) is 13.1 Å². The van der Waals surface area contributed by atoms with Gasteiger partial charge in [0, 0.05) is 14.1 Å². The number of nitrogens with one attached hydrogen (secondary N) is 1. The predicted molar refractivity (Wildman–Crippen MR) is 48.9 cm³/mol. The lowest BCUT2D eigenvalue weighted by Crippen LogP contribution is -2.33. The first-order valence-electron chi connectivity index (χ1n) is 3.62. The Bertz CT molecular complexity index is 381. The molecule has 0 fully saturated rings. The molecule has 1 rings (SSSR count). The molecule has 74 valence electrons. The first-order chi connectivity index (χ1) is 5.92. The second-order valence-corrected chi connectivity index (χ2v) is 4.66. The van der Waals surface area contributed by atoms with Crippen molar-refractivity contribution in [3.05, 3.63) is 18.2 Å². The minimum absolute atomic E-state index is 0.751. The van der Waals surface area contributed by atoms with E-state index in [2.05, 4.69) is 9.82 Å². The van der Waals surface area contributed by atoms with E-state index in [0.717, 1.165) is 10.00 Å². The fourth-order valence-electron chi connectivity index (χ4n) is 0.686. The van der Waals surface area contributed by atoms with Gasteiger partial charge in [-0.2, -0.15) is 12.7 Å². The Labute approximate surface area is 77.3 Å². The van der Waals surface area contributed by atoms with Gasteiger partial charge < -0.3 is 0 Å². The summed E-state index contributed by atoms with van der Waals surface area (Å²) in [5, 5.41) is 0. The van der Waals surface area contributed by atoms with E-state index in [0.29, 0.717) is 0 Å². The molecule has 0 bridgehead atoms. The first-order valence-corrected chi connectivity index (χ1v) is 5.07. The highest BCUT2D eigenvalue weighted by Crippen LogP contribution is 1.95. The number of aryl methyl sites for hydroxylation is 1. The summed E-state index contributed by atoms with van der Waals surface area (Å²) >= 11 is 0. The van der Waals surface area contributed by atoms with Crippen LogP contribution >= 0.6 is 0 Å². The van der Waals surface area contributed by atoms with Gasteiger partial charge >= 0.3 is 10.2 Å². The van der Waals surface area contributed by atoms with Gasteiger partial charge in [0.15, 0.2) is 0 Å². The molecule has 0 amide bonds. The molecule has 0 spiro atoms. The van der Waals surface area contributed by atoms with Crippen molar-refractivity contribution in [3.63, 3.8) is 0 Å². The van der Waals surface area contributed by atoms with E-state index in [4.69, 9.17) is 0 Å². The lowest BCUT2D eigenvalue weighted by Gasteiger charge is -2.12. The molecule has 13 heavy (non-hydrogen) atoms. The average molecular weight is 204 g/mol. The lowest BCUT2D eigenvalue weighted by molar-refractivity contribution is 0.520. The number of imidazole rings is 1. The molecule has 0 aliphatic rings. The molecule has 0 aliphatic carbocycles. The van der Waals surface area contributed by atoms with Crippen LogP contribution in [-0.4, -0.2) is 36.5 Å². The Kier molecular flexibility index (Phi) is 2.58. The highest BCUT2D eigenvalue weighted by atomic mass is 32.2. The van der Waals surface area contributed by atoms with Crippen molar-refractivity contribution in [2.45, 2.75) is 6.92 Å². The summed E-state index contributed by atoms with van der Waals surface area (Å²) in [6, 6.07) is 0. The molecule has 0 aromatic carbocycles. The van der Waals surface area contributed by atoms with Crippen molar-refractivity contribution in [2.75, 3.05) is 18.9 Å². The topological polar surface area (TPSA) is 67.2 Å². The minimum atomic E-state index is -3.43. The van der Waals surface area contributed by atoms with E-state index in [9.17, 15) is 8.42 Å². The van der Waals surface area contributed by atoms with Crippen LogP contribution in [0.15, 0.2) is 12.5 Å². The molecule has 6 nitrogen and oxygen atoms in total. The Balaban J connectivity index is 2.81. The normalized spacial score (nSPS) is 12.0. The molecule has 0 unspecified atom stereocenters. The summed E-state index contributed by atoms with van der Waals surface area (Å²) in [6.07, 6.45) is 2.98. The molecule has 0 saturated heterocycles. The molecule has 1 aromatic rings. The lowest BCUT2D eigenvalue weighted by atomic mass is 10.6. The van der Waals surface area contributed by atoms with E-state index >= 15 is 0 Å². The van der Waals surface area contributed by atoms with E-state index < -0.39 is 10.2 Å². The van der Waals surface area contributed by atoms with E-state index in [1.807, 2.05) is 0 Å². The van der Waals surface area contributed by atoms with Crippen LogP contribution in [0, 0.1) is 6.92 Å². The predicted octanol–water partition coefficient (Wildman–Crippen LogP) is -0.459. The largest absolute Gasteiger partial charge is 0.314 e. The average Bonchev–Trinajstić information content (AvgIpc) is 2.34. The van der Waals surface area contributed by atoms with Crippen LogP contribution in [0.2, 0.25) is 0 Å². The number of hydrogen-bond donors (Lipinski definition) is 1. The SMILES string of the molecule is Cc1cn(NS(=O)(=O)N(C)C)cn1. The molecule has 1 aromatic heterocycles. The Hall–Kier alpha value is -1.08. The van der Waals surface area contributed by atoms with Crippen LogP contribution in [0.3, 0.4) is 0 Å². The molecule has 7 heteroatoms. The van der Waals surface area contributed by atoms with Crippen LogP contribution in [-0.2, 0) is 10.2 Å². The van der Waals surface area contributed by atoms with Crippen molar-refractivity contribution in [1.29, 1.82) is 0 Å². The van der Waals surface area contributed by atoms with Crippen LogP contribution < -0.4 is 4.83 Å². The molecule has 1 heterocycles. The monoisotopic (exact) mass is 204 g/mol. The van der Waals surface area contributed by atoms with Crippen LogP contribution in [0.5, 0.6) is 0 Å². The van der Waals surface area contributed by atoms with Crippen molar-refractivity contribution in [2.24, 2.45) is 0 Å². The summed E-state index contributed by atoms with van der Waals surface area (Å²) in [5.41, 5.74) is 0.751. The smallest absolute Gasteiger partial charge is 0.240 e. The zero-order chi connectivity index (χ0) is 10.1. The standard InChI is InChI=1S/C6H12N4O2S/c1-6-4-10(5-7-6)8-13(11,12)9(2)3/h4-5,8H,1-3H3. The Morgan fingerprint density at radius 2 is 2.15 bits per heavy atom. The van der Waals surface area contributed by atoms with E-state index in [1.165, 1.54) is 25.1 Å². The van der Waals surface area contributed by atoms with Gasteiger partial charge in [-0.05, 0) is 6.92 Å². The first kappa shape index (κ1) is 10.0. The van der Waals surface area contributed by atoms with Crippen molar-refractivity contribution in [3.8, 4) is 0 Å². The third-order valence-electron chi connectivity index (χ3n) is 1.41. The van der Waals surface area contributed by atoms with Gasteiger partial charge in [-0.3, -0.25) is 0 Å².